The zero-order chi connectivity index (χ0) is 13.0. The van der Waals surface area contributed by atoms with Crippen molar-refractivity contribution in [1.29, 1.82) is 0 Å². The van der Waals surface area contributed by atoms with Gasteiger partial charge in [0.2, 0.25) is 0 Å². The van der Waals surface area contributed by atoms with Gasteiger partial charge in [0, 0.05) is 24.8 Å². The van der Waals surface area contributed by atoms with E-state index in [2.05, 4.69) is 4.90 Å². The minimum atomic E-state index is 0.0130. The molecule has 1 aliphatic heterocycles. The van der Waals surface area contributed by atoms with E-state index in [4.69, 9.17) is 16.7 Å². The highest BCUT2D eigenvalue weighted by Crippen LogP contribution is 2.36. The van der Waals surface area contributed by atoms with Crippen molar-refractivity contribution >= 4 is 17.3 Å². The van der Waals surface area contributed by atoms with E-state index < -0.39 is 0 Å². The molecule has 1 aromatic carbocycles. The van der Waals surface area contributed by atoms with Gasteiger partial charge in [0.1, 0.15) is 0 Å². The number of halogens is 1. The molecule has 100 valence electrons. The molecule has 1 atom stereocenters. The lowest BCUT2D eigenvalue weighted by molar-refractivity contribution is 0.277. The molecular formula is C14H20ClNO2. The second kappa shape index (κ2) is 6.41. The molecule has 1 saturated heterocycles. The molecular weight excluding hydrogens is 250 g/mol. The number of aliphatic hydroxyl groups excluding tert-OH is 2. The van der Waals surface area contributed by atoms with Crippen LogP contribution in [0, 0.1) is 0 Å². The summed E-state index contributed by atoms with van der Waals surface area (Å²) in [7, 11) is 0. The minimum absolute atomic E-state index is 0.0130. The molecule has 1 heterocycles. The molecule has 2 rings (SSSR count). The summed E-state index contributed by atoms with van der Waals surface area (Å²) < 4.78 is 0. The summed E-state index contributed by atoms with van der Waals surface area (Å²) in [4.78, 5) is 2.30. The first kappa shape index (κ1) is 13.7. The highest BCUT2D eigenvalue weighted by atomic mass is 35.5. The number of hydrogen-bond acceptors (Lipinski definition) is 3. The number of rotatable bonds is 5. The Morgan fingerprint density at radius 2 is 2.17 bits per heavy atom. The maximum atomic E-state index is 9.44. The summed E-state index contributed by atoms with van der Waals surface area (Å²) in [5.41, 5.74) is 1.86. The number of nitrogens with zero attached hydrogens (tertiary/aromatic N) is 1. The molecule has 3 nitrogen and oxygen atoms in total. The van der Waals surface area contributed by atoms with Crippen LogP contribution in [0.15, 0.2) is 18.2 Å². The van der Waals surface area contributed by atoms with E-state index in [0.29, 0.717) is 11.1 Å². The van der Waals surface area contributed by atoms with Crippen LogP contribution < -0.4 is 4.90 Å². The van der Waals surface area contributed by atoms with E-state index >= 15 is 0 Å². The first-order chi connectivity index (χ1) is 8.77. The van der Waals surface area contributed by atoms with Crippen molar-refractivity contribution in [3.05, 3.63) is 28.8 Å². The van der Waals surface area contributed by atoms with Gasteiger partial charge < -0.3 is 15.1 Å². The fourth-order valence-corrected chi connectivity index (χ4v) is 3.07. The van der Waals surface area contributed by atoms with Gasteiger partial charge in [-0.3, -0.25) is 0 Å². The summed E-state index contributed by atoms with van der Waals surface area (Å²) in [6.45, 7) is 1.23. The highest BCUT2D eigenvalue weighted by molar-refractivity contribution is 6.33. The Morgan fingerprint density at radius 3 is 2.89 bits per heavy atom. The Balaban J connectivity index is 2.24. The molecule has 0 spiro atoms. The summed E-state index contributed by atoms with van der Waals surface area (Å²) in [5.74, 6) is 0. The standard InChI is InChI=1S/C14H20ClNO2/c15-13-7-1-4-11(10-18)14(13)16-8-2-5-12(16)6-3-9-17/h1,4,7,12,17-18H,2-3,5-6,8-10H2. The SMILES string of the molecule is OCCCC1CCCN1c1c(Cl)cccc1CO. The third-order valence-electron chi connectivity index (χ3n) is 3.60. The zero-order valence-electron chi connectivity index (χ0n) is 10.5. The lowest BCUT2D eigenvalue weighted by Gasteiger charge is -2.29. The summed E-state index contributed by atoms with van der Waals surface area (Å²) in [5, 5.41) is 19.1. The Bertz CT molecular complexity index is 397. The second-order valence-electron chi connectivity index (χ2n) is 4.76. The van der Waals surface area contributed by atoms with Crippen molar-refractivity contribution in [1.82, 2.24) is 0 Å². The van der Waals surface area contributed by atoms with Crippen LogP contribution in [0.25, 0.3) is 0 Å². The van der Waals surface area contributed by atoms with Crippen LogP contribution in [0.4, 0.5) is 5.69 Å². The van der Waals surface area contributed by atoms with E-state index in [1.165, 1.54) is 0 Å². The van der Waals surface area contributed by atoms with Gasteiger partial charge in [-0.25, -0.2) is 0 Å². The molecule has 0 aromatic heterocycles. The molecule has 0 saturated carbocycles. The first-order valence-corrected chi connectivity index (χ1v) is 6.91. The molecule has 1 fully saturated rings. The lowest BCUT2D eigenvalue weighted by Crippen LogP contribution is -2.30. The summed E-state index contributed by atoms with van der Waals surface area (Å²) >= 11 is 6.29. The van der Waals surface area contributed by atoms with Gasteiger partial charge in [-0.05, 0) is 31.7 Å². The van der Waals surface area contributed by atoms with Gasteiger partial charge in [-0.15, -0.1) is 0 Å². The molecule has 0 bridgehead atoms. The van der Waals surface area contributed by atoms with Crippen LogP contribution in [-0.2, 0) is 6.61 Å². The highest BCUT2D eigenvalue weighted by Gasteiger charge is 2.27. The Hall–Kier alpha value is -0.770. The quantitative estimate of drug-likeness (QED) is 0.864. The van der Waals surface area contributed by atoms with Crippen molar-refractivity contribution in [2.45, 2.75) is 38.3 Å². The van der Waals surface area contributed by atoms with E-state index in [-0.39, 0.29) is 13.2 Å². The van der Waals surface area contributed by atoms with Crippen molar-refractivity contribution in [3.8, 4) is 0 Å². The molecule has 1 aromatic rings. The van der Waals surface area contributed by atoms with E-state index in [1.54, 1.807) is 0 Å². The number of aliphatic hydroxyl groups is 2. The molecule has 0 aliphatic carbocycles. The number of benzene rings is 1. The van der Waals surface area contributed by atoms with Crippen molar-refractivity contribution in [2.75, 3.05) is 18.1 Å². The average molecular weight is 270 g/mol. The topological polar surface area (TPSA) is 43.7 Å². The van der Waals surface area contributed by atoms with Gasteiger partial charge in [-0.2, -0.15) is 0 Å². The third-order valence-corrected chi connectivity index (χ3v) is 3.91. The smallest absolute Gasteiger partial charge is 0.0702 e. The molecule has 18 heavy (non-hydrogen) atoms. The van der Waals surface area contributed by atoms with Crippen LogP contribution in [0.5, 0.6) is 0 Å². The van der Waals surface area contributed by atoms with Gasteiger partial charge in [0.05, 0.1) is 17.3 Å². The van der Waals surface area contributed by atoms with E-state index in [1.807, 2.05) is 18.2 Å². The molecule has 0 radical (unpaired) electrons. The Kier molecular flexibility index (Phi) is 4.87. The summed E-state index contributed by atoms with van der Waals surface area (Å²) in [6.07, 6.45) is 4.08. The van der Waals surface area contributed by atoms with Crippen molar-refractivity contribution < 1.29 is 10.2 Å². The van der Waals surface area contributed by atoms with Gasteiger partial charge in [0.15, 0.2) is 0 Å². The molecule has 1 unspecified atom stereocenters. The number of anilines is 1. The van der Waals surface area contributed by atoms with Crippen LogP contribution in [-0.4, -0.2) is 29.4 Å². The van der Waals surface area contributed by atoms with Gasteiger partial charge >= 0.3 is 0 Å². The van der Waals surface area contributed by atoms with Crippen molar-refractivity contribution in [3.63, 3.8) is 0 Å². The Morgan fingerprint density at radius 1 is 1.33 bits per heavy atom. The van der Waals surface area contributed by atoms with Crippen LogP contribution in [0.3, 0.4) is 0 Å². The fourth-order valence-electron chi connectivity index (χ4n) is 2.77. The first-order valence-electron chi connectivity index (χ1n) is 6.53. The predicted octanol–water partition coefficient (Wildman–Crippen LogP) is 2.57. The van der Waals surface area contributed by atoms with E-state index in [9.17, 15) is 5.11 Å². The molecule has 0 amide bonds. The maximum Gasteiger partial charge on any atom is 0.0702 e. The second-order valence-corrected chi connectivity index (χ2v) is 5.17. The van der Waals surface area contributed by atoms with Crippen molar-refractivity contribution in [2.24, 2.45) is 0 Å². The van der Waals surface area contributed by atoms with E-state index in [0.717, 1.165) is 43.5 Å². The predicted molar refractivity (Wildman–Crippen MR) is 74.1 cm³/mol. The maximum absolute atomic E-state index is 9.44. The number of hydrogen-bond donors (Lipinski definition) is 2. The summed E-state index contributed by atoms with van der Waals surface area (Å²) in [6, 6.07) is 6.10. The number of para-hydroxylation sites is 1. The van der Waals surface area contributed by atoms with Gasteiger partial charge in [0.25, 0.3) is 0 Å². The van der Waals surface area contributed by atoms with Crippen LogP contribution in [0.2, 0.25) is 5.02 Å². The molecule has 2 N–H and O–H groups in total. The molecule has 4 heteroatoms. The fraction of sp³-hybridized carbons (Fsp3) is 0.571. The average Bonchev–Trinajstić information content (AvgIpc) is 2.83. The minimum Gasteiger partial charge on any atom is -0.396 e. The normalized spacial score (nSPS) is 19.5. The van der Waals surface area contributed by atoms with Crippen LogP contribution >= 0.6 is 11.6 Å². The zero-order valence-corrected chi connectivity index (χ0v) is 11.2. The Labute approximate surface area is 113 Å². The van der Waals surface area contributed by atoms with Gasteiger partial charge in [-0.1, -0.05) is 23.7 Å². The van der Waals surface area contributed by atoms with Crippen LogP contribution in [0.1, 0.15) is 31.2 Å². The lowest BCUT2D eigenvalue weighted by atomic mass is 10.1. The largest absolute Gasteiger partial charge is 0.396 e. The third kappa shape index (κ3) is 2.79. The molecule has 1 aliphatic rings. The monoisotopic (exact) mass is 269 g/mol.